The molecule has 5 heteroatoms. The van der Waals surface area contributed by atoms with Crippen LogP contribution in [-0.2, 0) is 10.2 Å². The molecule has 1 saturated heterocycles. The highest BCUT2D eigenvalue weighted by atomic mass is 16.2. The van der Waals surface area contributed by atoms with E-state index in [2.05, 4.69) is 31.3 Å². The highest BCUT2D eigenvalue weighted by Crippen LogP contribution is 2.21. The third-order valence-electron chi connectivity index (χ3n) is 3.99. The number of amides is 3. The normalized spacial score (nSPS) is 15.7. The number of piperazine rings is 1. The summed E-state index contributed by atoms with van der Waals surface area (Å²) < 4.78 is 0. The number of benzene rings is 1. The van der Waals surface area contributed by atoms with Crippen LogP contribution in [0, 0.1) is 0 Å². The average Bonchev–Trinajstić information content (AvgIpc) is 2.53. The van der Waals surface area contributed by atoms with Crippen molar-refractivity contribution in [3.63, 3.8) is 0 Å². The molecule has 0 aromatic heterocycles. The molecule has 1 fully saturated rings. The summed E-state index contributed by atoms with van der Waals surface area (Å²) in [5, 5.41) is 3.00. The Kier molecular flexibility index (Phi) is 4.83. The van der Waals surface area contributed by atoms with E-state index in [1.165, 1.54) is 5.56 Å². The lowest BCUT2D eigenvalue weighted by Crippen LogP contribution is -2.52. The lowest BCUT2D eigenvalue weighted by atomic mass is 9.85. The summed E-state index contributed by atoms with van der Waals surface area (Å²) in [4.78, 5) is 26.3. The molecule has 0 saturated carbocycles. The van der Waals surface area contributed by atoms with Crippen molar-refractivity contribution < 1.29 is 9.59 Å². The highest BCUT2D eigenvalue weighted by molar-refractivity contribution is 5.74. The van der Waals surface area contributed by atoms with Gasteiger partial charge in [0.15, 0.2) is 0 Å². The Balaban J connectivity index is 1.85. The SMILES string of the molecule is CC(C)(CNC(=O)N1CCN(C=O)CC1)c1ccccc1. The van der Waals surface area contributed by atoms with Gasteiger partial charge in [-0.15, -0.1) is 0 Å². The number of nitrogens with zero attached hydrogens (tertiary/aromatic N) is 2. The molecule has 0 aliphatic carbocycles. The predicted molar refractivity (Wildman–Crippen MR) is 82.1 cm³/mol. The minimum absolute atomic E-state index is 0.0513. The second-order valence-corrected chi connectivity index (χ2v) is 6.04. The van der Waals surface area contributed by atoms with Gasteiger partial charge in [-0.1, -0.05) is 44.2 Å². The van der Waals surface area contributed by atoms with Gasteiger partial charge in [-0.2, -0.15) is 0 Å². The first-order valence-electron chi connectivity index (χ1n) is 7.30. The van der Waals surface area contributed by atoms with Crippen LogP contribution in [0.4, 0.5) is 4.79 Å². The van der Waals surface area contributed by atoms with Gasteiger partial charge in [0.05, 0.1) is 0 Å². The molecule has 2 rings (SSSR count). The number of carbonyl (C=O) groups excluding carboxylic acids is 2. The average molecular weight is 289 g/mol. The zero-order valence-corrected chi connectivity index (χ0v) is 12.7. The second-order valence-electron chi connectivity index (χ2n) is 6.04. The molecule has 1 aromatic rings. The molecule has 0 radical (unpaired) electrons. The quantitative estimate of drug-likeness (QED) is 0.853. The Morgan fingerprint density at radius 1 is 1.19 bits per heavy atom. The number of nitrogens with one attached hydrogen (secondary N) is 1. The molecular weight excluding hydrogens is 266 g/mol. The molecule has 1 N–H and O–H groups in total. The lowest BCUT2D eigenvalue weighted by Gasteiger charge is -2.34. The van der Waals surface area contributed by atoms with Gasteiger partial charge in [0.2, 0.25) is 6.41 Å². The zero-order valence-electron chi connectivity index (χ0n) is 12.7. The Labute approximate surface area is 125 Å². The fourth-order valence-corrected chi connectivity index (χ4v) is 2.43. The topological polar surface area (TPSA) is 52.7 Å². The first-order chi connectivity index (χ1) is 10.0. The molecule has 1 aromatic carbocycles. The standard InChI is InChI=1S/C16H23N3O2/c1-16(2,14-6-4-3-5-7-14)12-17-15(21)19-10-8-18(13-20)9-11-19/h3-7,13H,8-12H2,1-2H3,(H,17,21). The van der Waals surface area contributed by atoms with E-state index in [1.807, 2.05) is 18.2 Å². The van der Waals surface area contributed by atoms with Crippen LogP contribution in [0.2, 0.25) is 0 Å². The first-order valence-corrected chi connectivity index (χ1v) is 7.30. The Morgan fingerprint density at radius 2 is 1.81 bits per heavy atom. The smallest absolute Gasteiger partial charge is 0.317 e. The van der Waals surface area contributed by atoms with Crippen LogP contribution in [-0.4, -0.2) is 55.0 Å². The van der Waals surface area contributed by atoms with E-state index >= 15 is 0 Å². The van der Waals surface area contributed by atoms with Crippen molar-refractivity contribution in [2.75, 3.05) is 32.7 Å². The monoisotopic (exact) mass is 289 g/mol. The molecule has 21 heavy (non-hydrogen) atoms. The first kappa shape index (κ1) is 15.4. The summed E-state index contributed by atoms with van der Waals surface area (Å²) in [5.41, 5.74) is 1.10. The van der Waals surface area contributed by atoms with Gasteiger partial charge >= 0.3 is 6.03 Å². The van der Waals surface area contributed by atoms with Gasteiger partial charge in [-0.3, -0.25) is 4.79 Å². The van der Waals surface area contributed by atoms with Gasteiger partial charge in [0.1, 0.15) is 0 Å². The third kappa shape index (κ3) is 3.97. The van der Waals surface area contributed by atoms with Crippen molar-refractivity contribution in [3.8, 4) is 0 Å². The van der Waals surface area contributed by atoms with Crippen LogP contribution in [0.25, 0.3) is 0 Å². The fourth-order valence-electron chi connectivity index (χ4n) is 2.43. The second kappa shape index (κ2) is 6.61. The third-order valence-corrected chi connectivity index (χ3v) is 3.99. The predicted octanol–water partition coefficient (Wildman–Crippen LogP) is 1.45. The maximum Gasteiger partial charge on any atom is 0.317 e. The van der Waals surface area contributed by atoms with E-state index in [9.17, 15) is 9.59 Å². The molecule has 114 valence electrons. The number of carbonyl (C=O) groups is 2. The maximum atomic E-state index is 12.2. The van der Waals surface area contributed by atoms with E-state index in [0.717, 1.165) is 6.41 Å². The van der Waals surface area contributed by atoms with Crippen LogP contribution >= 0.6 is 0 Å². The summed E-state index contributed by atoms with van der Waals surface area (Å²) in [6, 6.07) is 10.1. The van der Waals surface area contributed by atoms with Crippen LogP contribution < -0.4 is 5.32 Å². The van der Waals surface area contributed by atoms with Gasteiger partial charge in [-0.05, 0) is 5.56 Å². The van der Waals surface area contributed by atoms with Gasteiger partial charge < -0.3 is 15.1 Å². The molecule has 3 amide bonds. The molecule has 0 unspecified atom stereocenters. The lowest BCUT2D eigenvalue weighted by molar-refractivity contribution is -0.119. The number of rotatable bonds is 4. The van der Waals surface area contributed by atoms with Crippen molar-refractivity contribution in [2.45, 2.75) is 19.3 Å². The minimum Gasteiger partial charge on any atom is -0.342 e. The molecule has 0 bridgehead atoms. The van der Waals surface area contributed by atoms with Gasteiger partial charge in [0.25, 0.3) is 0 Å². The van der Waals surface area contributed by atoms with Crippen LogP contribution in [0.15, 0.2) is 30.3 Å². The fraction of sp³-hybridized carbons (Fsp3) is 0.500. The molecular formula is C16H23N3O2. The molecule has 0 atom stereocenters. The zero-order chi connectivity index (χ0) is 15.3. The van der Waals surface area contributed by atoms with Crippen molar-refractivity contribution in [1.29, 1.82) is 0 Å². The molecule has 5 nitrogen and oxygen atoms in total. The number of urea groups is 1. The Hall–Kier alpha value is -2.04. The Bertz CT molecular complexity index is 480. The van der Waals surface area contributed by atoms with E-state index in [1.54, 1.807) is 9.80 Å². The summed E-state index contributed by atoms with van der Waals surface area (Å²) >= 11 is 0. The highest BCUT2D eigenvalue weighted by Gasteiger charge is 2.24. The largest absolute Gasteiger partial charge is 0.342 e. The summed E-state index contributed by atoms with van der Waals surface area (Å²) in [5.74, 6) is 0. The number of hydrogen-bond acceptors (Lipinski definition) is 2. The molecule has 0 spiro atoms. The van der Waals surface area contributed by atoms with Gasteiger partial charge in [0, 0.05) is 38.1 Å². The molecule has 1 aliphatic rings. The van der Waals surface area contributed by atoms with Crippen LogP contribution in [0.3, 0.4) is 0 Å². The minimum atomic E-state index is -0.110. The van der Waals surface area contributed by atoms with Crippen molar-refractivity contribution in [3.05, 3.63) is 35.9 Å². The summed E-state index contributed by atoms with van der Waals surface area (Å²) in [6.45, 7) is 7.23. The van der Waals surface area contributed by atoms with E-state index in [4.69, 9.17) is 0 Å². The summed E-state index contributed by atoms with van der Waals surface area (Å²) in [6.07, 6.45) is 0.841. The van der Waals surface area contributed by atoms with Crippen molar-refractivity contribution in [1.82, 2.24) is 15.1 Å². The maximum absolute atomic E-state index is 12.2. The van der Waals surface area contributed by atoms with Crippen molar-refractivity contribution >= 4 is 12.4 Å². The van der Waals surface area contributed by atoms with E-state index in [-0.39, 0.29) is 11.4 Å². The Morgan fingerprint density at radius 3 is 2.38 bits per heavy atom. The summed E-state index contributed by atoms with van der Waals surface area (Å²) in [7, 11) is 0. The number of hydrogen-bond donors (Lipinski definition) is 1. The van der Waals surface area contributed by atoms with Crippen LogP contribution in [0.1, 0.15) is 19.4 Å². The van der Waals surface area contributed by atoms with Gasteiger partial charge in [-0.25, -0.2) is 4.79 Å². The van der Waals surface area contributed by atoms with E-state index in [0.29, 0.717) is 32.7 Å². The van der Waals surface area contributed by atoms with E-state index < -0.39 is 0 Å². The van der Waals surface area contributed by atoms with Crippen molar-refractivity contribution in [2.24, 2.45) is 0 Å². The molecule has 1 heterocycles. The van der Waals surface area contributed by atoms with Crippen LogP contribution in [0.5, 0.6) is 0 Å². The molecule has 1 aliphatic heterocycles.